The van der Waals surface area contributed by atoms with Crippen LogP contribution in [0.15, 0.2) is 10.4 Å². The highest BCUT2D eigenvalue weighted by Crippen LogP contribution is 2.29. The van der Waals surface area contributed by atoms with Gasteiger partial charge >= 0.3 is 0 Å². The van der Waals surface area contributed by atoms with E-state index in [2.05, 4.69) is 10.3 Å². The van der Waals surface area contributed by atoms with Crippen LogP contribution in [0.25, 0.3) is 0 Å². The van der Waals surface area contributed by atoms with Gasteiger partial charge in [0.1, 0.15) is 0 Å². The van der Waals surface area contributed by atoms with E-state index in [-0.39, 0.29) is 11.2 Å². The molecule has 0 aromatic carbocycles. The first kappa shape index (κ1) is 14.3. The maximum absolute atomic E-state index is 11.7. The Kier molecular flexibility index (Phi) is 6.31. The Morgan fingerprint density at radius 2 is 2.53 bits per heavy atom. The van der Waals surface area contributed by atoms with E-state index >= 15 is 0 Å². The summed E-state index contributed by atoms with van der Waals surface area (Å²) in [7, 11) is 1.65. The van der Waals surface area contributed by atoms with Gasteiger partial charge in [-0.2, -0.15) is 0 Å². The Bertz CT molecular complexity index is 357. The van der Waals surface area contributed by atoms with Gasteiger partial charge < -0.3 is 15.8 Å². The van der Waals surface area contributed by atoms with Crippen LogP contribution in [0.3, 0.4) is 0 Å². The number of nitrogens with zero attached hydrogens (tertiary/aromatic N) is 1. The van der Waals surface area contributed by atoms with Crippen molar-refractivity contribution in [3.63, 3.8) is 0 Å². The normalized spacial score (nSPS) is 12.4. The fourth-order valence-electron chi connectivity index (χ4n) is 1.13. The molecule has 17 heavy (non-hydrogen) atoms. The van der Waals surface area contributed by atoms with Gasteiger partial charge in [0, 0.05) is 20.3 Å². The Labute approximate surface area is 109 Å². The molecule has 5 nitrogen and oxygen atoms in total. The number of carbonyl (C=O) groups is 1. The number of amides is 1. The number of rotatable bonds is 7. The Balaban J connectivity index is 2.27. The molecule has 0 aliphatic rings. The highest BCUT2D eigenvalue weighted by Gasteiger charge is 2.14. The van der Waals surface area contributed by atoms with Crippen molar-refractivity contribution in [2.75, 3.05) is 26.0 Å². The largest absolute Gasteiger partial charge is 0.385 e. The molecule has 0 aliphatic heterocycles. The summed E-state index contributed by atoms with van der Waals surface area (Å²) in [4.78, 5) is 15.6. The van der Waals surface area contributed by atoms with E-state index in [0.29, 0.717) is 18.3 Å². The molecule has 1 atom stereocenters. The topological polar surface area (TPSA) is 77.2 Å². The van der Waals surface area contributed by atoms with Crippen LogP contribution in [0.5, 0.6) is 0 Å². The minimum absolute atomic E-state index is 0.0260. The quantitative estimate of drug-likeness (QED) is 0.580. The van der Waals surface area contributed by atoms with Crippen LogP contribution < -0.4 is 11.1 Å². The zero-order valence-electron chi connectivity index (χ0n) is 9.93. The van der Waals surface area contributed by atoms with Crippen molar-refractivity contribution in [3.8, 4) is 0 Å². The zero-order chi connectivity index (χ0) is 12.7. The molecule has 0 aliphatic carbocycles. The second-order valence-electron chi connectivity index (χ2n) is 3.41. The molecule has 0 saturated heterocycles. The molecular weight excluding hydrogens is 258 g/mol. The van der Waals surface area contributed by atoms with E-state index < -0.39 is 0 Å². The second-order valence-corrected chi connectivity index (χ2v) is 6.12. The third-order valence-electron chi connectivity index (χ3n) is 1.99. The Hall–Kier alpha value is -0.790. The van der Waals surface area contributed by atoms with Crippen molar-refractivity contribution in [3.05, 3.63) is 6.20 Å². The summed E-state index contributed by atoms with van der Waals surface area (Å²) >= 11 is 2.86. The molecular formula is C10H17N3O2S2. The minimum atomic E-state index is -0.141. The molecule has 0 saturated carbocycles. The number of aromatic nitrogens is 1. The third-order valence-corrected chi connectivity index (χ3v) is 4.05. The van der Waals surface area contributed by atoms with Gasteiger partial charge in [0.25, 0.3) is 0 Å². The molecule has 96 valence electrons. The van der Waals surface area contributed by atoms with Gasteiger partial charge in [-0.05, 0) is 13.3 Å². The maximum atomic E-state index is 11.7. The van der Waals surface area contributed by atoms with Crippen molar-refractivity contribution >= 4 is 34.1 Å². The van der Waals surface area contributed by atoms with Crippen molar-refractivity contribution in [2.45, 2.75) is 22.8 Å². The lowest BCUT2D eigenvalue weighted by Gasteiger charge is -2.10. The SMILES string of the molecule is COCCCNC(=O)C(C)Sc1cnc(N)s1. The van der Waals surface area contributed by atoms with Crippen molar-refractivity contribution < 1.29 is 9.53 Å². The summed E-state index contributed by atoms with van der Waals surface area (Å²) in [6, 6.07) is 0. The number of methoxy groups -OCH3 is 1. The van der Waals surface area contributed by atoms with Crippen molar-refractivity contribution in [1.29, 1.82) is 0 Å². The number of carbonyl (C=O) groups excluding carboxylic acids is 1. The van der Waals surface area contributed by atoms with Crippen LogP contribution in [0.4, 0.5) is 5.13 Å². The first-order chi connectivity index (χ1) is 8.13. The first-order valence-corrected chi connectivity index (χ1v) is 6.97. The number of anilines is 1. The number of nitrogens with one attached hydrogen (secondary N) is 1. The summed E-state index contributed by atoms with van der Waals surface area (Å²) in [6.07, 6.45) is 2.52. The van der Waals surface area contributed by atoms with Gasteiger partial charge in [-0.1, -0.05) is 11.3 Å². The van der Waals surface area contributed by atoms with Crippen LogP contribution in [-0.4, -0.2) is 36.4 Å². The van der Waals surface area contributed by atoms with E-state index in [0.717, 1.165) is 10.6 Å². The van der Waals surface area contributed by atoms with Crippen LogP contribution in [0.2, 0.25) is 0 Å². The van der Waals surface area contributed by atoms with Crippen LogP contribution in [-0.2, 0) is 9.53 Å². The fourth-order valence-corrected chi connectivity index (χ4v) is 3.08. The summed E-state index contributed by atoms with van der Waals surface area (Å²) in [6.45, 7) is 3.17. The average molecular weight is 275 g/mol. The van der Waals surface area contributed by atoms with E-state index in [1.807, 2.05) is 6.92 Å². The Morgan fingerprint density at radius 1 is 1.76 bits per heavy atom. The molecule has 1 aromatic rings. The molecule has 0 radical (unpaired) electrons. The highest BCUT2D eigenvalue weighted by atomic mass is 32.2. The average Bonchev–Trinajstić information content (AvgIpc) is 2.70. The first-order valence-electron chi connectivity index (χ1n) is 5.28. The lowest BCUT2D eigenvalue weighted by molar-refractivity contribution is -0.120. The number of nitrogen functional groups attached to an aromatic ring is 1. The molecule has 1 heterocycles. The zero-order valence-corrected chi connectivity index (χ0v) is 11.6. The number of hydrogen-bond acceptors (Lipinski definition) is 6. The fraction of sp³-hybridized carbons (Fsp3) is 0.600. The molecule has 7 heteroatoms. The molecule has 3 N–H and O–H groups in total. The Morgan fingerprint density at radius 3 is 3.12 bits per heavy atom. The van der Waals surface area contributed by atoms with Gasteiger partial charge in [0.15, 0.2) is 5.13 Å². The molecule has 1 unspecified atom stereocenters. The lowest BCUT2D eigenvalue weighted by Crippen LogP contribution is -2.31. The van der Waals surface area contributed by atoms with E-state index in [1.165, 1.54) is 23.1 Å². The molecule has 0 fully saturated rings. The predicted molar refractivity (Wildman–Crippen MR) is 71.3 cm³/mol. The van der Waals surface area contributed by atoms with Gasteiger partial charge in [-0.3, -0.25) is 4.79 Å². The number of thiazole rings is 1. The predicted octanol–water partition coefficient (Wildman–Crippen LogP) is 1.36. The number of thioether (sulfide) groups is 1. The lowest BCUT2D eigenvalue weighted by atomic mass is 10.4. The van der Waals surface area contributed by atoms with Gasteiger partial charge in [0.05, 0.1) is 15.7 Å². The van der Waals surface area contributed by atoms with E-state index in [1.54, 1.807) is 13.3 Å². The number of nitrogens with two attached hydrogens (primary N) is 1. The molecule has 1 rings (SSSR count). The minimum Gasteiger partial charge on any atom is -0.385 e. The van der Waals surface area contributed by atoms with Crippen LogP contribution in [0, 0.1) is 0 Å². The monoisotopic (exact) mass is 275 g/mol. The summed E-state index contributed by atoms with van der Waals surface area (Å²) in [5.41, 5.74) is 5.52. The van der Waals surface area contributed by atoms with Gasteiger partial charge in [0.2, 0.25) is 5.91 Å². The van der Waals surface area contributed by atoms with Gasteiger partial charge in [-0.15, -0.1) is 11.8 Å². The molecule has 1 amide bonds. The molecule has 0 bridgehead atoms. The highest BCUT2D eigenvalue weighted by molar-refractivity contribution is 8.02. The third kappa shape index (κ3) is 5.38. The van der Waals surface area contributed by atoms with Crippen molar-refractivity contribution in [1.82, 2.24) is 10.3 Å². The summed E-state index contributed by atoms with van der Waals surface area (Å²) in [5.74, 6) is 0.0260. The van der Waals surface area contributed by atoms with Gasteiger partial charge in [-0.25, -0.2) is 4.98 Å². The maximum Gasteiger partial charge on any atom is 0.233 e. The number of hydrogen-bond donors (Lipinski definition) is 2. The van der Waals surface area contributed by atoms with E-state index in [9.17, 15) is 4.79 Å². The smallest absolute Gasteiger partial charge is 0.233 e. The second kappa shape index (κ2) is 7.52. The number of ether oxygens (including phenoxy) is 1. The standard InChI is InChI=1S/C10H17N3O2S2/c1-7(9(14)12-4-3-5-15-2)16-8-6-13-10(11)17-8/h6-7H,3-5H2,1-2H3,(H2,11,13)(H,12,14). The molecule has 1 aromatic heterocycles. The molecule has 0 spiro atoms. The van der Waals surface area contributed by atoms with E-state index in [4.69, 9.17) is 10.5 Å². The summed E-state index contributed by atoms with van der Waals surface area (Å²) < 4.78 is 5.87. The summed E-state index contributed by atoms with van der Waals surface area (Å²) in [5, 5.41) is 3.24. The van der Waals surface area contributed by atoms with Crippen LogP contribution in [0.1, 0.15) is 13.3 Å². The van der Waals surface area contributed by atoms with Crippen molar-refractivity contribution in [2.24, 2.45) is 0 Å². The van der Waals surface area contributed by atoms with Crippen LogP contribution >= 0.6 is 23.1 Å².